The third-order valence-corrected chi connectivity index (χ3v) is 3.50. The van der Waals surface area contributed by atoms with E-state index in [2.05, 4.69) is 0 Å². The minimum Gasteiger partial charge on any atom is -0.465 e. The number of carbonyl (C=O) groups excluding carboxylic acids is 2. The Kier molecular flexibility index (Phi) is 3.44. The summed E-state index contributed by atoms with van der Waals surface area (Å²) >= 11 is 0. The molecule has 0 aliphatic heterocycles. The van der Waals surface area contributed by atoms with E-state index in [-0.39, 0.29) is 11.3 Å². The van der Waals surface area contributed by atoms with Crippen molar-refractivity contribution in [2.75, 3.05) is 7.11 Å². The maximum atomic E-state index is 11.9. The van der Waals surface area contributed by atoms with Crippen LogP contribution in [-0.2, 0) is 11.2 Å². The first-order chi connectivity index (χ1) is 10.2. The molecule has 106 valence electrons. The van der Waals surface area contributed by atoms with Crippen LogP contribution in [0.15, 0.2) is 42.5 Å². The predicted octanol–water partition coefficient (Wildman–Crippen LogP) is 3.39. The quantitative estimate of drug-likeness (QED) is 0.810. The summed E-state index contributed by atoms with van der Waals surface area (Å²) in [6.45, 7) is 0. The second-order valence-electron chi connectivity index (χ2n) is 4.84. The highest BCUT2D eigenvalue weighted by Crippen LogP contribution is 2.33. The van der Waals surface area contributed by atoms with Gasteiger partial charge in [-0.2, -0.15) is 0 Å². The van der Waals surface area contributed by atoms with Gasteiger partial charge in [0.1, 0.15) is 17.1 Å². The molecule has 0 unspecified atom stereocenters. The second-order valence-corrected chi connectivity index (χ2v) is 4.84. The predicted molar refractivity (Wildman–Crippen MR) is 76.9 cm³/mol. The van der Waals surface area contributed by atoms with E-state index < -0.39 is 5.97 Å². The Morgan fingerprint density at radius 3 is 2.57 bits per heavy atom. The van der Waals surface area contributed by atoms with Crippen LogP contribution in [0.1, 0.15) is 32.7 Å². The molecule has 0 amide bonds. The van der Waals surface area contributed by atoms with E-state index in [1.807, 2.05) is 18.2 Å². The first-order valence-electron chi connectivity index (χ1n) is 6.70. The van der Waals surface area contributed by atoms with Gasteiger partial charge >= 0.3 is 5.97 Å². The maximum Gasteiger partial charge on any atom is 0.341 e. The van der Waals surface area contributed by atoms with Gasteiger partial charge in [-0.15, -0.1) is 0 Å². The average Bonchev–Trinajstić information content (AvgIpc) is 2.87. The molecular formula is C17H14O4. The first kappa shape index (κ1) is 13.4. The summed E-state index contributed by atoms with van der Waals surface area (Å²) in [5.41, 5.74) is 1.78. The lowest BCUT2D eigenvalue weighted by Crippen LogP contribution is -2.06. The second kappa shape index (κ2) is 5.40. The molecule has 0 fully saturated rings. The number of methoxy groups -OCH3 is 1. The highest BCUT2D eigenvalue weighted by Gasteiger charge is 2.25. The van der Waals surface area contributed by atoms with Gasteiger partial charge < -0.3 is 9.47 Å². The number of benzene rings is 2. The summed E-state index contributed by atoms with van der Waals surface area (Å²) in [5, 5.41) is 0. The highest BCUT2D eigenvalue weighted by atomic mass is 16.5. The number of hydrogen-bond donors (Lipinski definition) is 0. The zero-order chi connectivity index (χ0) is 14.8. The number of Topliss-reactive ketones (excluding diaryl/α,β-unsaturated/α-hetero) is 1. The smallest absolute Gasteiger partial charge is 0.341 e. The van der Waals surface area contributed by atoms with E-state index in [0.29, 0.717) is 29.9 Å². The number of fused-ring (bicyclic) bond motifs is 1. The average molecular weight is 282 g/mol. The maximum absolute atomic E-state index is 11.9. The van der Waals surface area contributed by atoms with Crippen LogP contribution in [0.4, 0.5) is 0 Å². The number of esters is 1. The van der Waals surface area contributed by atoms with Gasteiger partial charge in [0.15, 0.2) is 5.78 Å². The fourth-order valence-corrected chi connectivity index (χ4v) is 2.44. The van der Waals surface area contributed by atoms with Crippen LogP contribution in [-0.4, -0.2) is 18.9 Å². The van der Waals surface area contributed by atoms with Crippen LogP contribution in [0.5, 0.6) is 11.5 Å². The third kappa shape index (κ3) is 2.52. The van der Waals surface area contributed by atoms with E-state index in [4.69, 9.17) is 9.47 Å². The molecule has 0 radical (unpaired) electrons. The molecule has 0 bridgehead atoms. The van der Waals surface area contributed by atoms with Crippen LogP contribution < -0.4 is 4.74 Å². The minimum atomic E-state index is -0.511. The van der Waals surface area contributed by atoms with E-state index in [1.165, 1.54) is 7.11 Å². The number of ether oxygens (including phenoxy) is 2. The fraction of sp³-hybridized carbons (Fsp3) is 0.176. The Balaban J connectivity index is 2.06. The van der Waals surface area contributed by atoms with Gasteiger partial charge in [-0.3, -0.25) is 4.79 Å². The summed E-state index contributed by atoms with van der Waals surface area (Å²) in [7, 11) is 1.31. The zero-order valence-electron chi connectivity index (χ0n) is 11.6. The van der Waals surface area contributed by atoms with E-state index in [0.717, 1.165) is 5.56 Å². The standard InChI is InChI=1S/C17H14O4/c1-20-17(19)14-10-13-11(7-8-15(13)18)9-16(14)21-12-5-3-2-4-6-12/h2-6,9-10H,7-8H2,1H3. The summed E-state index contributed by atoms with van der Waals surface area (Å²) in [6.07, 6.45) is 1.16. The first-order valence-corrected chi connectivity index (χ1v) is 6.70. The minimum absolute atomic E-state index is 0.0569. The molecule has 0 N–H and O–H groups in total. The van der Waals surface area contributed by atoms with Crippen LogP contribution >= 0.6 is 0 Å². The van der Waals surface area contributed by atoms with Gasteiger partial charge in [-0.1, -0.05) is 18.2 Å². The van der Waals surface area contributed by atoms with Gasteiger partial charge in [0, 0.05) is 12.0 Å². The Morgan fingerprint density at radius 2 is 1.86 bits per heavy atom. The van der Waals surface area contributed by atoms with Crippen molar-refractivity contribution in [1.82, 2.24) is 0 Å². The molecule has 0 heterocycles. The van der Waals surface area contributed by atoms with E-state index >= 15 is 0 Å². The van der Waals surface area contributed by atoms with E-state index in [9.17, 15) is 9.59 Å². The number of carbonyl (C=O) groups is 2. The van der Waals surface area contributed by atoms with Crippen molar-refractivity contribution in [2.45, 2.75) is 12.8 Å². The number of aryl methyl sites for hydroxylation is 1. The van der Waals surface area contributed by atoms with Crippen LogP contribution in [0.2, 0.25) is 0 Å². The number of rotatable bonds is 3. The monoisotopic (exact) mass is 282 g/mol. The molecule has 4 heteroatoms. The van der Waals surface area contributed by atoms with Gasteiger partial charge in [0.25, 0.3) is 0 Å². The molecule has 2 aromatic rings. The van der Waals surface area contributed by atoms with Crippen molar-refractivity contribution >= 4 is 11.8 Å². The number of hydrogen-bond acceptors (Lipinski definition) is 4. The Labute approximate surface area is 122 Å². The number of para-hydroxylation sites is 1. The summed E-state index contributed by atoms with van der Waals surface area (Å²) in [6, 6.07) is 12.5. The van der Waals surface area contributed by atoms with E-state index in [1.54, 1.807) is 24.3 Å². The van der Waals surface area contributed by atoms with Gasteiger partial charge in [-0.05, 0) is 36.2 Å². The largest absolute Gasteiger partial charge is 0.465 e. The molecule has 21 heavy (non-hydrogen) atoms. The fourth-order valence-electron chi connectivity index (χ4n) is 2.44. The van der Waals surface area contributed by atoms with Gasteiger partial charge in [0.2, 0.25) is 0 Å². The Hall–Kier alpha value is -2.62. The summed E-state index contributed by atoms with van der Waals surface area (Å²) in [5.74, 6) is 0.596. The topological polar surface area (TPSA) is 52.6 Å². The van der Waals surface area contributed by atoms with Crippen molar-refractivity contribution in [3.05, 3.63) is 59.2 Å². The van der Waals surface area contributed by atoms with Gasteiger partial charge in [0.05, 0.1) is 7.11 Å². The summed E-state index contributed by atoms with van der Waals surface area (Å²) < 4.78 is 10.6. The summed E-state index contributed by atoms with van der Waals surface area (Å²) in [4.78, 5) is 23.7. The molecule has 0 saturated carbocycles. The normalized spacial score (nSPS) is 12.9. The van der Waals surface area contributed by atoms with Crippen LogP contribution in [0.3, 0.4) is 0 Å². The molecule has 1 aliphatic carbocycles. The van der Waals surface area contributed by atoms with Crippen molar-refractivity contribution in [3.63, 3.8) is 0 Å². The molecule has 0 atom stereocenters. The van der Waals surface area contributed by atoms with Crippen molar-refractivity contribution in [2.24, 2.45) is 0 Å². The molecule has 0 spiro atoms. The molecule has 0 aromatic heterocycles. The molecule has 2 aromatic carbocycles. The molecular weight excluding hydrogens is 268 g/mol. The third-order valence-electron chi connectivity index (χ3n) is 3.50. The molecule has 3 rings (SSSR count). The van der Waals surface area contributed by atoms with Crippen molar-refractivity contribution in [3.8, 4) is 11.5 Å². The lowest BCUT2D eigenvalue weighted by molar-refractivity contribution is 0.0598. The molecule has 1 aliphatic rings. The van der Waals surface area contributed by atoms with Crippen molar-refractivity contribution in [1.29, 1.82) is 0 Å². The molecule has 0 saturated heterocycles. The van der Waals surface area contributed by atoms with Crippen LogP contribution in [0.25, 0.3) is 0 Å². The lowest BCUT2D eigenvalue weighted by Gasteiger charge is -2.12. The Morgan fingerprint density at radius 1 is 1.10 bits per heavy atom. The van der Waals surface area contributed by atoms with Crippen molar-refractivity contribution < 1.29 is 19.1 Å². The Bertz CT molecular complexity index is 704. The SMILES string of the molecule is COC(=O)c1cc2c(cc1Oc1ccccc1)CCC2=O. The van der Waals surface area contributed by atoms with Gasteiger partial charge in [-0.25, -0.2) is 4.79 Å². The molecule has 4 nitrogen and oxygen atoms in total. The zero-order valence-corrected chi connectivity index (χ0v) is 11.6. The number of ketones is 1. The highest BCUT2D eigenvalue weighted by molar-refractivity contribution is 6.03. The lowest BCUT2D eigenvalue weighted by atomic mass is 10.0. The van der Waals surface area contributed by atoms with Crippen LogP contribution in [0, 0.1) is 0 Å².